The highest BCUT2D eigenvalue weighted by atomic mass is 33.1. The minimum absolute atomic E-state index is 0.180. The lowest BCUT2D eigenvalue weighted by atomic mass is 10.1. The number of rotatable bonds is 9. The van der Waals surface area contributed by atoms with Crippen LogP contribution in [0.2, 0.25) is 0 Å². The van der Waals surface area contributed by atoms with Gasteiger partial charge in [-0.25, -0.2) is 0 Å². The Labute approximate surface area is 249 Å². The Balaban J connectivity index is 1.14. The van der Waals surface area contributed by atoms with Crippen molar-refractivity contribution in [1.82, 2.24) is 30.6 Å². The van der Waals surface area contributed by atoms with E-state index in [0.717, 1.165) is 42.7 Å². The fourth-order valence-corrected chi connectivity index (χ4v) is 6.60. The summed E-state index contributed by atoms with van der Waals surface area (Å²) in [7, 11) is 3.16. The van der Waals surface area contributed by atoms with Crippen LogP contribution in [0.5, 0.6) is 0 Å². The number of aromatic nitrogens is 4. The number of benzene rings is 2. The highest BCUT2D eigenvalue weighted by Gasteiger charge is 2.13. The maximum Gasteiger partial charge on any atom is 0.253 e. The van der Waals surface area contributed by atoms with Gasteiger partial charge >= 0.3 is 0 Å². The minimum atomic E-state index is -0.180. The maximum atomic E-state index is 12.7. The molecule has 2 aromatic carbocycles. The molecule has 2 N–H and O–H groups in total. The van der Waals surface area contributed by atoms with Crippen molar-refractivity contribution in [2.24, 2.45) is 0 Å². The number of para-hydroxylation sites is 2. The standard InChI is InChI=1S/C32H24N6O2S2/c39-31(37-17-21-7-11-33-12-8-21)25-15-23-3-1-5-27(29(23)35-19-25)41-42-28-6-2-4-24-16-26(20-36-30(24)28)32(40)38-18-22-9-13-34-14-10-22/h1-16,19-20H,17-18H2,(H,37,39)(H,38,40). The Bertz CT molecular complexity index is 1750. The van der Waals surface area contributed by atoms with Crippen LogP contribution in [0.1, 0.15) is 31.8 Å². The van der Waals surface area contributed by atoms with Gasteiger partial charge in [-0.15, -0.1) is 0 Å². The molecule has 8 nitrogen and oxygen atoms in total. The molecule has 6 rings (SSSR count). The first-order chi connectivity index (χ1) is 20.6. The number of fused-ring (bicyclic) bond motifs is 2. The maximum absolute atomic E-state index is 12.7. The van der Waals surface area contributed by atoms with E-state index in [9.17, 15) is 9.59 Å². The molecule has 0 aliphatic rings. The number of hydrogen-bond acceptors (Lipinski definition) is 8. The summed E-state index contributed by atoms with van der Waals surface area (Å²) < 4.78 is 0. The molecule has 206 valence electrons. The van der Waals surface area contributed by atoms with Gasteiger partial charge < -0.3 is 10.6 Å². The molecule has 6 aromatic rings. The van der Waals surface area contributed by atoms with E-state index in [0.29, 0.717) is 24.2 Å². The fourth-order valence-electron chi connectivity index (χ4n) is 4.31. The van der Waals surface area contributed by atoms with Crippen LogP contribution in [-0.4, -0.2) is 31.8 Å². The van der Waals surface area contributed by atoms with Gasteiger partial charge in [0.1, 0.15) is 0 Å². The molecular formula is C32H24N6O2S2. The van der Waals surface area contributed by atoms with Crippen molar-refractivity contribution >= 4 is 55.2 Å². The summed E-state index contributed by atoms with van der Waals surface area (Å²) in [4.78, 5) is 44.7. The van der Waals surface area contributed by atoms with Gasteiger partial charge in [-0.2, -0.15) is 0 Å². The van der Waals surface area contributed by atoms with Gasteiger partial charge in [0, 0.05) is 70.8 Å². The minimum Gasteiger partial charge on any atom is -0.348 e. The second-order valence-electron chi connectivity index (χ2n) is 9.35. The van der Waals surface area contributed by atoms with Crippen molar-refractivity contribution in [3.8, 4) is 0 Å². The van der Waals surface area contributed by atoms with E-state index in [1.54, 1.807) is 58.8 Å². The van der Waals surface area contributed by atoms with E-state index >= 15 is 0 Å². The largest absolute Gasteiger partial charge is 0.348 e. The molecule has 4 heterocycles. The number of amides is 2. The topological polar surface area (TPSA) is 110 Å². The Hall–Kier alpha value is -4.80. The molecule has 0 unspecified atom stereocenters. The quantitative estimate of drug-likeness (QED) is 0.191. The Morgan fingerprint density at radius 1 is 0.595 bits per heavy atom. The van der Waals surface area contributed by atoms with Gasteiger partial charge in [-0.3, -0.25) is 29.5 Å². The van der Waals surface area contributed by atoms with Crippen molar-refractivity contribution in [3.05, 3.63) is 132 Å². The molecule has 42 heavy (non-hydrogen) atoms. The predicted molar refractivity (Wildman–Crippen MR) is 166 cm³/mol. The summed E-state index contributed by atoms with van der Waals surface area (Å²) in [5.74, 6) is -0.359. The average Bonchev–Trinajstić information content (AvgIpc) is 3.05. The molecule has 0 atom stereocenters. The van der Waals surface area contributed by atoms with E-state index in [-0.39, 0.29) is 11.8 Å². The number of hydrogen-bond donors (Lipinski definition) is 2. The summed E-state index contributed by atoms with van der Waals surface area (Å²) in [6.07, 6.45) is 10.0. The number of nitrogens with one attached hydrogen (secondary N) is 2. The Kier molecular flexibility index (Phi) is 8.34. The molecule has 0 radical (unpaired) electrons. The zero-order valence-electron chi connectivity index (χ0n) is 22.2. The summed E-state index contributed by atoms with van der Waals surface area (Å²) in [5.41, 5.74) is 4.61. The normalized spacial score (nSPS) is 11.0. The van der Waals surface area contributed by atoms with E-state index in [4.69, 9.17) is 0 Å². The third-order valence-electron chi connectivity index (χ3n) is 6.50. The van der Waals surface area contributed by atoms with Gasteiger partial charge in [-0.1, -0.05) is 45.9 Å². The molecule has 0 spiro atoms. The van der Waals surface area contributed by atoms with Crippen LogP contribution in [0.15, 0.2) is 120 Å². The number of carbonyl (C=O) groups is 2. The van der Waals surface area contributed by atoms with E-state index in [2.05, 4.69) is 30.6 Å². The molecule has 0 aliphatic heterocycles. The summed E-state index contributed by atoms with van der Waals surface area (Å²) >= 11 is 0. The zero-order valence-corrected chi connectivity index (χ0v) is 23.9. The highest BCUT2D eigenvalue weighted by Crippen LogP contribution is 2.42. The van der Waals surface area contributed by atoms with Crippen molar-refractivity contribution < 1.29 is 9.59 Å². The first kappa shape index (κ1) is 27.4. The molecule has 0 fully saturated rings. The van der Waals surface area contributed by atoms with Crippen LogP contribution in [0.25, 0.3) is 21.8 Å². The van der Waals surface area contributed by atoms with Crippen molar-refractivity contribution in [3.63, 3.8) is 0 Å². The van der Waals surface area contributed by atoms with Gasteiger partial charge in [0.2, 0.25) is 0 Å². The highest BCUT2D eigenvalue weighted by molar-refractivity contribution is 8.76. The van der Waals surface area contributed by atoms with Gasteiger partial charge in [0.25, 0.3) is 11.8 Å². The first-order valence-corrected chi connectivity index (χ1v) is 15.3. The SMILES string of the molecule is O=C(NCc1ccncc1)c1cnc2c(SSc3cccc4cc(C(=O)NCc5ccncc5)cnc34)cccc2c1. The van der Waals surface area contributed by atoms with Gasteiger partial charge in [0.05, 0.1) is 22.2 Å². The fraction of sp³-hybridized carbons (Fsp3) is 0.0625. The number of pyridine rings is 4. The van der Waals surface area contributed by atoms with Crippen molar-refractivity contribution in [2.45, 2.75) is 22.9 Å². The predicted octanol–water partition coefficient (Wildman–Crippen LogP) is 6.23. The molecule has 0 saturated carbocycles. The van der Waals surface area contributed by atoms with Crippen molar-refractivity contribution in [1.29, 1.82) is 0 Å². The van der Waals surface area contributed by atoms with E-state index in [1.165, 1.54) is 0 Å². The molecular weight excluding hydrogens is 565 g/mol. The average molecular weight is 589 g/mol. The van der Waals surface area contributed by atoms with Crippen LogP contribution in [0.4, 0.5) is 0 Å². The zero-order chi connectivity index (χ0) is 28.7. The Morgan fingerprint density at radius 2 is 1.02 bits per heavy atom. The van der Waals surface area contributed by atoms with Gasteiger partial charge in [-0.05, 0) is 59.7 Å². The number of nitrogens with zero attached hydrogens (tertiary/aromatic N) is 4. The number of carbonyl (C=O) groups excluding carboxylic acids is 2. The third-order valence-corrected chi connectivity index (χ3v) is 8.93. The first-order valence-electron chi connectivity index (χ1n) is 13.1. The molecule has 2 amide bonds. The third kappa shape index (κ3) is 6.40. The smallest absolute Gasteiger partial charge is 0.253 e. The molecule has 0 bridgehead atoms. The second-order valence-corrected chi connectivity index (χ2v) is 11.6. The molecule has 4 aromatic heterocycles. The monoisotopic (exact) mass is 588 g/mol. The van der Waals surface area contributed by atoms with Crippen LogP contribution in [-0.2, 0) is 13.1 Å². The lowest BCUT2D eigenvalue weighted by Gasteiger charge is -2.10. The summed E-state index contributed by atoms with van der Waals surface area (Å²) in [5, 5.41) is 7.64. The van der Waals surface area contributed by atoms with E-state index in [1.807, 2.05) is 72.8 Å². The summed E-state index contributed by atoms with van der Waals surface area (Å²) in [6, 6.07) is 23.1. The van der Waals surface area contributed by atoms with Crippen LogP contribution in [0.3, 0.4) is 0 Å². The summed E-state index contributed by atoms with van der Waals surface area (Å²) in [6.45, 7) is 0.839. The van der Waals surface area contributed by atoms with E-state index < -0.39 is 0 Å². The van der Waals surface area contributed by atoms with Crippen molar-refractivity contribution in [2.75, 3.05) is 0 Å². The van der Waals surface area contributed by atoms with Gasteiger partial charge in [0.15, 0.2) is 0 Å². The molecule has 10 heteroatoms. The Morgan fingerprint density at radius 3 is 1.45 bits per heavy atom. The lowest BCUT2D eigenvalue weighted by molar-refractivity contribution is 0.0942. The molecule has 0 aliphatic carbocycles. The lowest BCUT2D eigenvalue weighted by Crippen LogP contribution is -2.22. The van der Waals surface area contributed by atoms with Crippen LogP contribution in [0, 0.1) is 0 Å². The molecule has 0 saturated heterocycles. The second kappa shape index (κ2) is 12.8. The van der Waals surface area contributed by atoms with Crippen LogP contribution < -0.4 is 10.6 Å². The van der Waals surface area contributed by atoms with Crippen LogP contribution >= 0.6 is 21.6 Å².